The van der Waals surface area contributed by atoms with E-state index in [1.807, 2.05) is 0 Å². The predicted octanol–water partition coefficient (Wildman–Crippen LogP) is 1.77. The zero-order valence-corrected chi connectivity index (χ0v) is 12.4. The van der Waals surface area contributed by atoms with E-state index in [9.17, 15) is 14.4 Å². The lowest BCUT2D eigenvalue weighted by Crippen LogP contribution is -2.32. The highest BCUT2D eigenvalue weighted by molar-refractivity contribution is 6.21. The predicted molar refractivity (Wildman–Crippen MR) is 77.9 cm³/mol. The summed E-state index contributed by atoms with van der Waals surface area (Å²) >= 11 is 0. The Morgan fingerprint density at radius 1 is 1.04 bits per heavy atom. The Kier molecular flexibility index (Phi) is 3.53. The van der Waals surface area contributed by atoms with Crippen LogP contribution < -0.4 is 4.74 Å². The summed E-state index contributed by atoms with van der Waals surface area (Å²) in [4.78, 5) is 45.6. The fraction of sp³-hybridized carbons (Fsp3) is 0.125. The van der Waals surface area contributed by atoms with Gasteiger partial charge in [0.2, 0.25) is 5.88 Å². The molecule has 2 aromatic rings. The number of benzene rings is 1. The Bertz CT molecular complexity index is 796. The van der Waals surface area contributed by atoms with E-state index in [1.165, 1.54) is 25.3 Å². The topological polar surface area (TPSA) is 85.8 Å². The molecule has 0 atom stereocenters. The van der Waals surface area contributed by atoms with E-state index in [1.54, 1.807) is 25.1 Å². The number of pyridine rings is 1. The number of amides is 2. The van der Waals surface area contributed by atoms with Gasteiger partial charge in [-0.25, -0.2) is 9.78 Å². The van der Waals surface area contributed by atoms with Crippen molar-refractivity contribution < 1.29 is 24.0 Å². The van der Waals surface area contributed by atoms with Crippen LogP contribution in [-0.4, -0.2) is 34.9 Å². The van der Waals surface area contributed by atoms with Crippen molar-refractivity contribution in [2.24, 2.45) is 0 Å². The summed E-state index contributed by atoms with van der Waals surface area (Å²) in [6.45, 7) is 1.74. The number of carbonyl (C=O) groups excluding carboxylic acids is 3. The van der Waals surface area contributed by atoms with Crippen LogP contribution in [-0.2, 0) is 4.84 Å². The van der Waals surface area contributed by atoms with Crippen molar-refractivity contribution in [2.45, 2.75) is 6.92 Å². The van der Waals surface area contributed by atoms with Crippen molar-refractivity contribution in [3.63, 3.8) is 0 Å². The van der Waals surface area contributed by atoms with Crippen LogP contribution in [0.2, 0.25) is 0 Å². The Hall–Kier alpha value is -3.22. The first-order valence-electron chi connectivity index (χ1n) is 6.74. The molecule has 1 aliphatic rings. The van der Waals surface area contributed by atoms with Crippen molar-refractivity contribution in [3.8, 4) is 5.88 Å². The summed E-state index contributed by atoms with van der Waals surface area (Å²) in [7, 11) is 1.36. The first kappa shape index (κ1) is 14.7. The highest BCUT2D eigenvalue weighted by atomic mass is 16.7. The second kappa shape index (κ2) is 5.53. The van der Waals surface area contributed by atoms with Crippen molar-refractivity contribution in [1.29, 1.82) is 0 Å². The maximum atomic E-state index is 12.2. The molecule has 0 aliphatic carbocycles. The fourth-order valence-corrected chi connectivity index (χ4v) is 2.23. The van der Waals surface area contributed by atoms with Gasteiger partial charge in [0.25, 0.3) is 11.8 Å². The molecule has 1 aromatic heterocycles. The molecule has 1 aromatic carbocycles. The van der Waals surface area contributed by atoms with Gasteiger partial charge in [-0.15, -0.1) is 0 Å². The third-order valence-electron chi connectivity index (χ3n) is 3.34. The summed E-state index contributed by atoms with van der Waals surface area (Å²) in [6.07, 6.45) is 0. The standard InChI is InChI=1S/C16H12N2O5/c1-9-7-8-12(13(17-9)22-2)16(21)23-18-14(19)10-5-3-4-6-11(10)15(18)20/h3-8H,1-2H3. The molecule has 2 amide bonds. The smallest absolute Gasteiger partial charge is 0.369 e. The van der Waals surface area contributed by atoms with Crippen molar-refractivity contribution >= 4 is 17.8 Å². The average molecular weight is 312 g/mol. The summed E-state index contributed by atoms with van der Waals surface area (Å²) in [5.41, 5.74) is 1.06. The second-order valence-corrected chi connectivity index (χ2v) is 4.84. The maximum Gasteiger partial charge on any atom is 0.369 e. The van der Waals surface area contributed by atoms with Gasteiger partial charge in [0.05, 0.1) is 18.2 Å². The molecular weight excluding hydrogens is 300 g/mol. The molecule has 2 heterocycles. The lowest BCUT2D eigenvalue weighted by Gasteiger charge is -2.13. The number of fused-ring (bicyclic) bond motifs is 1. The quantitative estimate of drug-likeness (QED) is 0.803. The fourth-order valence-electron chi connectivity index (χ4n) is 2.23. The van der Waals surface area contributed by atoms with E-state index in [2.05, 4.69) is 4.98 Å². The van der Waals surface area contributed by atoms with Gasteiger partial charge < -0.3 is 9.57 Å². The van der Waals surface area contributed by atoms with Crippen LogP contribution in [0.1, 0.15) is 36.8 Å². The molecule has 7 nitrogen and oxygen atoms in total. The zero-order valence-electron chi connectivity index (χ0n) is 12.4. The summed E-state index contributed by atoms with van der Waals surface area (Å²) in [5.74, 6) is -2.20. The molecule has 23 heavy (non-hydrogen) atoms. The Balaban J connectivity index is 1.88. The largest absolute Gasteiger partial charge is 0.480 e. The molecule has 0 spiro atoms. The lowest BCUT2D eigenvalue weighted by atomic mass is 10.1. The van der Waals surface area contributed by atoms with Crippen LogP contribution in [0, 0.1) is 6.92 Å². The van der Waals surface area contributed by atoms with E-state index in [0.717, 1.165) is 0 Å². The molecule has 116 valence electrons. The molecule has 1 aliphatic heterocycles. The SMILES string of the molecule is COc1nc(C)ccc1C(=O)ON1C(=O)c2ccccc2C1=O. The van der Waals surface area contributed by atoms with Gasteiger partial charge in [0, 0.05) is 5.69 Å². The molecule has 0 fully saturated rings. The number of hydroxylamine groups is 2. The monoisotopic (exact) mass is 312 g/mol. The number of hydrogen-bond acceptors (Lipinski definition) is 6. The summed E-state index contributed by atoms with van der Waals surface area (Å²) in [6, 6.07) is 9.31. The van der Waals surface area contributed by atoms with Crippen LogP contribution >= 0.6 is 0 Å². The van der Waals surface area contributed by atoms with Gasteiger partial charge in [0.15, 0.2) is 0 Å². The molecule has 7 heteroatoms. The summed E-state index contributed by atoms with van der Waals surface area (Å²) < 4.78 is 5.03. The number of aryl methyl sites for hydroxylation is 1. The van der Waals surface area contributed by atoms with Crippen LogP contribution in [0.3, 0.4) is 0 Å². The van der Waals surface area contributed by atoms with E-state index in [4.69, 9.17) is 9.57 Å². The van der Waals surface area contributed by atoms with Crippen molar-refractivity contribution in [1.82, 2.24) is 10.0 Å². The number of imide groups is 1. The van der Waals surface area contributed by atoms with E-state index in [0.29, 0.717) is 10.8 Å². The van der Waals surface area contributed by atoms with E-state index >= 15 is 0 Å². The molecule has 3 rings (SSSR count). The van der Waals surface area contributed by atoms with Gasteiger partial charge >= 0.3 is 5.97 Å². The van der Waals surface area contributed by atoms with Crippen LogP contribution in [0.25, 0.3) is 0 Å². The molecule has 0 N–H and O–H groups in total. The molecular formula is C16H12N2O5. The second-order valence-electron chi connectivity index (χ2n) is 4.84. The number of rotatable bonds is 3. The van der Waals surface area contributed by atoms with Gasteiger partial charge in [-0.05, 0) is 31.2 Å². The number of methoxy groups -OCH3 is 1. The third kappa shape index (κ3) is 2.42. The van der Waals surface area contributed by atoms with Gasteiger partial charge in [-0.3, -0.25) is 9.59 Å². The number of ether oxygens (including phenoxy) is 1. The van der Waals surface area contributed by atoms with Crippen LogP contribution in [0.15, 0.2) is 36.4 Å². The van der Waals surface area contributed by atoms with E-state index < -0.39 is 17.8 Å². The average Bonchev–Trinajstić information content (AvgIpc) is 2.80. The Morgan fingerprint density at radius 3 is 2.22 bits per heavy atom. The van der Waals surface area contributed by atoms with Crippen molar-refractivity contribution in [3.05, 3.63) is 58.8 Å². The number of hydrogen-bond donors (Lipinski definition) is 0. The highest BCUT2D eigenvalue weighted by Crippen LogP contribution is 2.24. The minimum absolute atomic E-state index is 0.0228. The van der Waals surface area contributed by atoms with E-state index in [-0.39, 0.29) is 22.6 Å². The Morgan fingerprint density at radius 2 is 1.65 bits per heavy atom. The van der Waals surface area contributed by atoms with Gasteiger partial charge in [-0.2, -0.15) is 0 Å². The molecule has 0 unspecified atom stereocenters. The third-order valence-corrected chi connectivity index (χ3v) is 3.34. The van der Waals surface area contributed by atoms with Crippen LogP contribution in [0.5, 0.6) is 5.88 Å². The minimum Gasteiger partial charge on any atom is -0.480 e. The number of carbonyl (C=O) groups is 3. The molecule has 0 radical (unpaired) electrons. The highest BCUT2D eigenvalue weighted by Gasteiger charge is 2.39. The van der Waals surface area contributed by atoms with Crippen molar-refractivity contribution in [2.75, 3.05) is 7.11 Å². The number of nitrogens with zero attached hydrogens (tertiary/aromatic N) is 2. The maximum absolute atomic E-state index is 12.2. The van der Waals surface area contributed by atoms with Gasteiger partial charge in [-0.1, -0.05) is 17.2 Å². The molecule has 0 bridgehead atoms. The Labute approximate surface area is 131 Å². The zero-order chi connectivity index (χ0) is 16.6. The van der Waals surface area contributed by atoms with Crippen LogP contribution in [0.4, 0.5) is 0 Å². The van der Waals surface area contributed by atoms with Gasteiger partial charge in [0.1, 0.15) is 5.56 Å². The number of aromatic nitrogens is 1. The first-order chi connectivity index (χ1) is 11.0. The normalized spacial score (nSPS) is 13.0. The molecule has 0 saturated heterocycles. The summed E-state index contributed by atoms with van der Waals surface area (Å²) in [5, 5.41) is 0.451. The first-order valence-corrected chi connectivity index (χ1v) is 6.74. The minimum atomic E-state index is -0.899. The molecule has 0 saturated carbocycles. The lowest BCUT2D eigenvalue weighted by molar-refractivity contribution is -0.0586.